The van der Waals surface area contributed by atoms with Crippen LogP contribution in [0, 0.1) is 0 Å². The summed E-state index contributed by atoms with van der Waals surface area (Å²) in [6, 6.07) is 0. The van der Waals surface area contributed by atoms with Gasteiger partial charge < -0.3 is 9.84 Å². The van der Waals surface area contributed by atoms with Crippen LogP contribution in [0.25, 0.3) is 0 Å². The highest BCUT2D eigenvalue weighted by molar-refractivity contribution is 7.58. The van der Waals surface area contributed by atoms with Gasteiger partial charge in [-0.15, -0.1) is 0 Å². The minimum absolute atomic E-state index is 0.142. The normalized spacial score (nSPS) is 30.1. The van der Waals surface area contributed by atoms with Crippen molar-refractivity contribution in [2.45, 2.75) is 6.92 Å². The molecule has 0 aromatic rings. The number of hydrogen-bond donors (Lipinski definition) is 1. The van der Waals surface area contributed by atoms with E-state index in [1.165, 1.54) is 0 Å². The Morgan fingerprint density at radius 2 is 2.64 bits per heavy atom. The summed E-state index contributed by atoms with van der Waals surface area (Å²) >= 11 is 0. The summed E-state index contributed by atoms with van der Waals surface area (Å²) < 4.78 is 19.8. The predicted molar refractivity (Wildman–Crippen MR) is 40.7 cm³/mol. The van der Waals surface area contributed by atoms with Crippen molar-refractivity contribution in [1.29, 1.82) is 0 Å². The number of hydrogen-bond acceptors (Lipinski definition) is 3. The summed E-state index contributed by atoms with van der Waals surface area (Å²) in [7, 11) is -3.01. The molecule has 1 aliphatic rings. The predicted octanol–water partition coefficient (Wildman–Crippen LogP) is 0.374. The van der Waals surface area contributed by atoms with Gasteiger partial charge in [0.05, 0.1) is 12.9 Å². The fourth-order valence-electron chi connectivity index (χ4n) is 0.737. The molecule has 62 valence electrons. The van der Waals surface area contributed by atoms with E-state index in [2.05, 4.69) is 10.1 Å². The fraction of sp³-hybridized carbons (Fsp3) is 0.600. The first-order valence-electron chi connectivity index (χ1n) is 3.23. The Bertz CT molecular complexity index is 238. The lowest BCUT2D eigenvalue weighted by atomic mass is 10.7. The summed E-state index contributed by atoms with van der Waals surface area (Å²) in [5.74, 6) is -0.309. The number of rotatable bonds is 2. The lowest BCUT2D eigenvalue weighted by Crippen LogP contribution is -2.28. The van der Waals surface area contributed by atoms with Crippen LogP contribution in [0.5, 0.6) is 0 Å². The highest BCUT2D eigenvalue weighted by Gasteiger charge is 2.27. The van der Waals surface area contributed by atoms with Crippen molar-refractivity contribution < 1.29 is 13.9 Å². The Morgan fingerprint density at radius 3 is 3.18 bits per heavy atom. The summed E-state index contributed by atoms with van der Waals surface area (Å²) in [5, 5.41) is 2.31. The van der Waals surface area contributed by atoms with Gasteiger partial charge >= 0.3 is 7.52 Å². The first kappa shape index (κ1) is 8.43. The minimum atomic E-state index is -3.01. The van der Waals surface area contributed by atoms with E-state index in [-0.39, 0.29) is 12.1 Å². The molecule has 1 aliphatic heterocycles. The van der Waals surface area contributed by atoms with Gasteiger partial charge in [0, 0.05) is 0 Å². The van der Waals surface area contributed by atoms with Gasteiger partial charge in [-0.2, -0.15) is 4.76 Å². The van der Waals surface area contributed by atoms with Gasteiger partial charge in [-0.1, -0.05) is 0 Å². The van der Waals surface area contributed by atoms with Crippen molar-refractivity contribution in [3.63, 3.8) is 0 Å². The molecule has 1 amide bonds. The van der Waals surface area contributed by atoms with E-state index in [0.717, 1.165) is 6.34 Å². The van der Waals surface area contributed by atoms with E-state index in [1.54, 1.807) is 6.92 Å². The zero-order valence-electron chi connectivity index (χ0n) is 6.11. The van der Waals surface area contributed by atoms with Crippen molar-refractivity contribution in [2.24, 2.45) is 4.76 Å². The Hall–Kier alpha value is -0.670. The summed E-state index contributed by atoms with van der Waals surface area (Å²) in [6.45, 7) is 2.02. The lowest BCUT2D eigenvalue weighted by molar-refractivity contribution is -0.117. The molecule has 6 heteroatoms. The topological polar surface area (TPSA) is 67.8 Å². The molecule has 0 saturated carbocycles. The first-order chi connectivity index (χ1) is 5.16. The average Bonchev–Trinajstić information content (AvgIpc) is 1.86. The standard InChI is InChI=1S/C5H9N2O3P/c1-2-10-11(9)3-5(8)6-4-7-11/h4H,2-3H2,1H3,(H,6,7,8,9). The third-order valence-corrected chi connectivity index (χ3v) is 2.95. The molecule has 1 rings (SSSR count). The molecular weight excluding hydrogens is 167 g/mol. The third kappa shape index (κ3) is 2.13. The van der Waals surface area contributed by atoms with Crippen molar-refractivity contribution in [3.05, 3.63) is 0 Å². The molecule has 0 spiro atoms. The van der Waals surface area contributed by atoms with Gasteiger partial charge in [0.1, 0.15) is 6.16 Å². The fourth-order valence-corrected chi connectivity index (χ4v) is 2.07. The molecule has 0 aliphatic carbocycles. The molecule has 5 nitrogen and oxygen atoms in total. The maximum absolute atomic E-state index is 11.4. The maximum Gasteiger partial charge on any atom is 0.325 e. The molecule has 1 heterocycles. The largest absolute Gasteiger partial charge is 0.325 e. The van der Waals surface area contributed by atoms with Gasteiger partial charge in [0.15, 0.2) is 0 Å². The SMILES string of the molecule is CCOP1(=O)CC(=O)NC=N1. The molecule has 1 unspecified atom stereocenters. The number of carbonyl (C=O) groups excluding carboxylic acids is 1. The summed E-state index contributed by atoms with van der Waals surface area (Å²) in [5.41, 5.74) is 0. The Morgan fingerprint density at radius 1 is 1.91 bits per heavy atom. The molecule has 0 bridgehead atoms. The van der Waals surface area contributed by atoms with Crippen LogP contribution in [0.1, 0.15) is 6.92 Å². The molecule has 0 aromatic heterocycles. The Balaban J connectivity index is 2.71. The second kappa shape index (κ2) is 3.15. The van der Waals surface area contributed by atoms with Crippen LogP contribution in [-0.4, -0.2) is 25.0 Å². The zero-order chi connectivity index (χ0) is 8.32. The van der Waals surface area contributed by atoms with Crippen LogP contribution < -0.4 is 5.32 Å². The van der Waals surface area contributed by atoms with Crippen LogP contribution in [0.2, 0.25) is 0 Å². The number of carbonyl (C=O) groups is 1. The smallest absolute Gasteiger partial charge is 0.316 e. The highest BCUT2D eigenvalue weighted by Crippen LogP contribution is 2.48. The highest BCUT2D eigenvalue weighted by atomic mass is 31.2. The zero-order valence-corrected chi connectivity index (χ0v) is 7.01. The van der Waals surface area contributed by atoms with Crippen molar-refractivity contribution in [3.8, 4) is 0 Å². The monoisotopic (exact) mass is 176 g/mol. The molecule has 0 saturated heterocycles. The Labute approximate surface area is 64.3 Å². The molecule has 1 atom stereocenters. The van der Waals surface area contributed by atoms with Crippen LogP contribution in [0.15, 0.2) is 4.76 Å². The van der Waals surface area contributed by atoms with E-state index in [1.807, 2.05) is 0 Å². The summed E-state index contributed by atoms with van der Waals surface area (Å²) in [6.07, 6.45) is 0.986. The van der Waals surface area contributed by atoms with Crippen LogP contribution in [0.4, 0.5) is 0 Å². The van der Waals surface area contributed by atoms with Crippen LogP contribution >= 0.6 is 7.52 Å². The van der Waals surface area contributed by atoms with E-state index in [9.17, 15) is 9.36 Å². The maximum atomic E-state index is 11.4. The first-order valence-corrected chi connectivity index (χ1v) is 4.99. The number of amides is 1. The lowest BCUT2D eigenvalue weighted by Gasteiger charge is -2.14. The molecule has 11 heavy (non-hydrogen) atoms. The molecule has 0 fully saturated rings. The quantitative estimate of drug-likeness (QED) is 0.618. The van der Waals surface area contributed by atoms with Crippen molar-refractivity contribution in [1.82, 2.24) is 5.32 Å². The van der Waals surface area contributed by atoms with Gasteiger partial charge in [-0.3, -0.25) is 9.36 Å². The molecule has 0 aromatic carbocycles. The molecule has 1 N–H and O–H groups in total. The molecule has 0 radical (unpaired) electrons. The van der Waals surface area contributed by atoms with Crippen LogP contribution in [-0.2, 0) is 13.9 Å². The minimum Gasteiger partial charge on any atom is -0.316 e. The van der Waals surface area contributed by atoms with Gasteiger partial charge in [-0.25, -0.2) is 0 Å². The van der Waals surface area contributed by atoms with Gasteiger partial charge in [0.25, 0.3) is 0 Å². The van der Waals surface area contributed by atoms with Crippen LogP contribution in [0.3, 0.4) is 0 Å². The number of nitrogens with zero attached hydrogens (tertiary/aromatic N) is 1. The van der Waals surface area contributed by atoms with E-state index in [4.69, 9.17) is 4.52 Å². The van der Waals surface area contributed by atoms with Gasteiger partial charge in [0.2, 0.25) is 5.91 Å². The second-order valence-electron chi connectivity index (χ2n) is 2.03. The van der Waals surface area contributed by atoms with Gasteiger partial charge in [-0.05, 0) is 6.92 Å². The summed E-state index contributed by atoms with van der Waals surface area (Å²) in [4.78, 5) is 10.7. The number of nitrogens with one attached hydrogen (secondary N) is 1. The second-order valence-corrected chi connectivity index (χ2v) is 4.11. The van der Waals surface area contributed by atoms with Crippen molar-refractivity contribution >= 4 is 19.8 Å². The third-order valence-electron chi connectivity index (χ3n) is 1.13. The van der Waals surface area contributed by atoms with Crippen molar-refractivity contribution in [2.75, 3.05) is 12.8 Å². The van der Waals surface area contributed by atoms with E-state index < -0.39 is 7.52 Å². The van der Waals surface area contributed by atoms with E-state index >= 15 is 0 Å². The van der Waals surface area contributed by atoms with E-state index in [0.29, 0.717) is 6.61 Å². The Kier molecular flexibility index (Phi) is 2.42. The average molecular weight is 176 g/mol. The molecular formula is C5H9N2O3P.